The Morgan fingerprint density at radius 3 is 2.55 bits per heavy atom. The Morgan fingerprint density at radius 1 is 1.10 bits per heavy atom. The van der Waals surface area contributed by atoms with Gasteiger partial charge in [0, 0.05) is 10.9 Å². The Labute approximate surface area is 180 Å². The van der Waals surface area contributed by atoms with Crippen LogP contribution in [0.15, 0.2) is 74.5 Å². The molecule has 7 nitrogen and oxygen atoms in total. The summed E-state index contributed by atoms with van der Waals surface area (Å²) < 4.78 is 20.0. The van der Waals surface area contributed by atoms with Crippen molar-refractivity contribution in [3.8, 4) is 11.3 Å². The summed E-state index contributed by atoms with van der Waals surface area (Å²) in [5.74, 6) is -0.460. The maximum Gasteiger partial charge on any atom is 0.433 e. The molecule has 2 aromatic carbocycles. The van der Waals surface area contributed by atoms with Crippen molar-refractivity contribution in [2.24, 2.45) is 10.1 Å². The molecule has 0 saturated heterocycles. The van der Waals surface area contributed by atoms with Gasteiger partial charge in [-0.1, -0.05) is 12.1 Å². The highest BCUT2D eigenvalue weighted by atomic mass is 32.1. The van der Waals surface area contributed by atoms with E-state index in [4.69, 9.17) is 4.42 Å². The average Bonchev–Trinajstić information content (AvgIpc) is 3.37. The molecule has 0 atom stereocenters. The summed E-state index contributed by atoms with van der Waals surface area (Å²) in [6.45, 7) is 4.07. The molecular weight excluding hydrogens is 419 g/mol. The van der Waals surface area contributed by atoms with Crippen LogP contribution in [0.25, 0.3) is 11.3 Å². The van der Waals surface area contributed by atoms with Gasteiger partial charge in [0.1, 0.15) is 10.7 Å². The van der Waals surface area contributed by atoms with E-state index in [1.807, 2.05) is 31.4 Å². The minimum absolute atomic E-state index is 0.240. The predicted molar refractivity (Wildman–Crippen MR) is 117 cm³/mol. The minimum atomic E-state index is -0.606. The van der Waals surface area contributed by atoms with Crippen LogP contribution in [-0.4, -0.2) is 15.8 Å². The van der Waals surface area contributed by atoms with E-state index >= 15 is 0 Å². The summed E-state index contributed by atoms with van der Waals surface area (Å²) in [7, 11) is 0. The van der Waals surface area contributed by atoms with Crippen molar-refractivity contribution in [3.63, 3.8) is 0 Å². The second kappa shape index (κ2) is 8.49. The molecule has 0 unspecified atom stereocenters. The highest BCUT2D eigenvalue weighted by molar-refractivity contribution is 7.07. The third-order valence-electron chi connectivity index (χ3n) is 4.63. The molecule has 0 N–H and O–H groups in total. The molecule has 4 aromatic rings. The van der Waals surface area contributed by atoms with Crippen LogP contribution in [0.4, 0.5) is 16.0 Å². The third-order valence-corrected chi connectivity index (χ3v) is 5.45. The zero-order chi connectivity index (χ0) is 22.0. The smallest absolute Gasteiger partial charge is 0.400 e. The fraction of sp³-hybridized carbons (Fsp3) is 0.0909. The lowest BCUT2D eigenvalue weighted by atomic mass is 10.1. The molecular formula is C22H17FN4O3S. The lowest BCUT2D eigenvalue weighted by molar-refractivity contribution is -0.402. The fourth-order valence-corrected chi connectivity index (χ4v) is 3.69. The summed E-state index contributed by atoms with van der Waals surface area (Å²) in [5.41, 5.74) is 4.63. The van der Waals surface area contributed by atoms with Gasteiger partial charge in [-0.05, 0) is 61.4 Å². The van der Waals surface area contributed by atoms with Gasteiger partial charge < -0.3 is 4.42 Å². The van der Waals surface area contributed by atoms with Gasteiger partial charge in [-0.2, -0.15) is 5.10 Å². The molecule has 2 heterocycles. The molecule has 0 aliphatic heterocycles. The molecule has 0 aliphatic rings. The van der Waals surface area contributed by atoms with E-state index < -0.39 is 4.92 Å². The highest BCUT2D eigenvalue weighted by Crippen LogP contribution is 2.24. The quantitative estimate of drug-likeness (QED) is 0.232. The largest absolute Gasteiger partial charge is 0.433 e. The maximum atomic E-state index is 13.2. The number of aromatic nitrogens is 1. The first kappa shape index (κ1) is 20.4. The van der Waals surface area contributed by atoms with Gasteiger partial charge in [0.15, 0.2) is 5.76 Å². The number of benzene rings is 2. The first-order chi connectivity index (χ1) is 14.9. The molecule has 156 valence electrons. The standard InChI is InChI=1S/C22H17FN4O3S/c1-14-3-4-16(11-15(14)2)20-13-31-22(25-18-7-5-17(23)6-8-18)26(20)24-12-19-9-10-21(30-19)27(28)29/h3-13H,1-2H3. The van der Waals surface area contributed by atoms with Crippen LogP contribution in [0.5, 0.6) is 0 Å². The Bertz CT molecular complexity index is 1350. The summed E-state index contributed by atoms with van der Waals surface area (Å²) in [4.78, 5) is 15.4. The number of aryl methyl sites for hydroxylation is 2. The molecule has 0 amide bonds. The summed E-state index contributed by atoms with van der Waals surface area (Å²) >= 11 is 1.38. The predicted octanol–water partition coefficient (Wildman–Crippen LogP) is 5.59. The number of hydrogen-bond donors (Lipinski definition) is 0. The number of hydrogen-bond acceptors (Lipinski definition) is 6. The number of nitro groups is 1. The molecule has 31 heavy (non-hydrogen) atoms. The van der Waals surface area contributed by atoms with E-state index in [1.165, 1.54) is 47.4 Å². The van der Waals surface area contributed by atoms with E-state index in [9.17, 15) is 14.5 Å². The molecule has 4 rings (SSSR count). The van der Waals surface area contributed by atoms with E-state index in [0.29, 0.717) is 10.5 Å². The number of furan rings is 1. The fourth-order valence-electron chi connectivity index (χ4n) is 2.84. The number of rotatable bonds is 5. The zero-order valence-corrected chi connectivity index (χ0v) is 17.5. The van der Waals surface area contributed by atoms with Crippen LogP contribution < -0.4 is 4.80 Å². The van der Waals surface area contributed by atoms with Crippen LogP contribution in [0.3, 0.4) is 0 Å². The van der Waals surface area contributed by atoms with Crippen molar-refractivity contribution in [2.75, 3.05) is 0 Å². The number of halogens is 1. The van der Waals surface area contributed by atoms with Crippen LogP contribution in [0.2, 0.25) is 0 Å². The van der Waals surface area contributed by atoms with Gasteiger partial charge in [0.05, 0.1) is 23.7 Å². The minimum Gasteiger partial charge on any atom is -0.400 e. The van der Waals surface area contributed by atoms with Gasteiger partial charge in [0.2, 0.25) is 4.80 Å². The SMILES string of the molecule is Cc1ccc(-c2csc(=Nc3ccc(F)cc3)n2N=Cc2ccc([N+](=O)[O-])o2)cc1C. The van der Waals surface area contributed by atoms with Crippen LogP contribution >= 0.6 is 11.3 Å². The molecule has 0 saturated carbocycles. The highest BCUT2D eigenvalue weighted by Gasteiger charge is 2.12. The second-order valence-corrected chi connectivity index (χ2v) is 7.62. The van der Waals surface area contributed by atoms with Gasteiger partial charge in [-0.15, -0.1) is 11.3 Å². The Hall–Kier alpha value is -3.85. The van der Waals surface area contributed by atoms with Gasteiger partial charge in [-0.25, -0.2) is 14.1 Å². The molecule has 9 heteroatoms. The number of nitrogens with zero attached hydrogens (tertiary/aromatic N) is 4. The maximum absolute atomic E-state index is 13.2. The molecule has 0 aliphatic carbocycles. The summed E-state index contributed by atoms with van der Waals surface area (Å²) in [6, 6.07) is 14.7. The Balaban J connectivity index is 1.82. The first-order valence-electron chi connectivity index (χ1n) is 9.28. The molecule has 0 spiro atoms. The normalized spacial score (nSPS) is 12.0. The Morgan fingerprint density at radius 2 is 1.87 bits per heavy atom. The summed E-state index contributed by atoms with van der Waals surface area (Å²) in [6.07, 6.45) is 1.40. The van der Waals surface area contributed by atoms with E-state index in [0.717, 1.165) is 16.8 Å². The van der Waals surface area contributed by atoms with E-state index in [2.05, 4.69) is 16.2 Å². The van der Waals surface area contributed by atoms with Crippen molar-refractivity contribution >= 4 is 29.1 Å². The molecule has 0 bridgehead atoms. The van der Waals surface area contributed by atoms with Gasteiger partial charge in [0.25, 0.3) is 0 Å². The first-order valence-corrected chi connectivity index (χ1v) is 10.2. The van der Waals surface area contributed by atoms with Crippen molar-refractivity contribution < 1.29 is 13.7 Å². The number of thiazole rings is 1. The van der Waals surface area contributed by atoms with Crippen molar-refractivity contribution in [1.29, 1.82) is 0 Å². The van der Waals surface area contributed by atoms with Gasteiger partial charge in [-0.3, -0.25) is 10.1 Å². The lowest BCUT2D eigenvalue weighted by Crippen LogP contribution is -2.11. The monoisotopic (exact) mass is 436 g/mol. The third kappa shape index (κ3) is 4.51. The molecule has 2 aromatic heterocycles. The van der Waals surface area contributed by atoms with E-state index in [1.54, 1.807) is 16.8 Å². The van der Waals surface area contributed by atoms with Crippen LogP contribution in [0.1, 0.15) is 16.9 Å². The zero-order valence-electron chi connectivity index (χ0n) is 16.7. The second-order valence-electron chi connectivity index (χ2n) is 6.78. The van der Waals surface area contributed by atoms with Crippen LogP contribution in [0, 0.1) is 29.8 Å². The average molecular weight is 436 g/mol. The van der Waals surface area contributed by atoms with Crippen molar-refractivity contribution in [1.82, 2.24) is 4.68 Å². The van der Waals surface area contributed by atoms with Gasteiger partial charge >= 0.3 is 5.88 Å². The Kier molecular flexibility index (Phi) is 5.59. The summed E-state index contributed by atoms with van der Waals surface area (Å²) in [5, 5.41) is 17.2. The van der Waals surface area contributed by atoms with Crippen molar-refractivity contribution in [2.45, 2.75) is 13.8 Å². The van der Waals surface area contributed by atoms with Crippen molar-refractivity contribution in [3.05, 3.63) is 97.6 Å². The van der Waals surface area contributed by atoms with Crippen LogP contribution in [-0.2, 0) is 0 Å². The topological polar surface area (TPSA) is 85.9 Å². The molecule has 0 fully saturated rings. The van der Waals surface area contributed by atoms with E-state index in [-0.39, 0.29) is 17.5 Å². The lowest BCUT2D eigenvalue weighted by Gasteiger charge is -2.06. The molecule has 0 radical (unpaired) electrons.